The summed E-state index contributed by atoms with van der Waals surface area (Å²) < 4.78 is 8.75. The van der Waals surface area contributed by atoms with E-state index in [2.05, 4.69) is 10.00 Å². The van der Waals surface area contributed by atoms with Crippen LogP contribution in [0.25, 0.3) is 16.6 Å². The van der Waals surface area contributed by atoms with E-state index in [4.69, 9.17) is 4.74 Å². The second-order valence-corrected chi connectivity index (χ2v) is 6.56. The van der Waals surface area contributed by atoms with Gasteiger partial charge in [-0.25, -0.2) is 4.52 Å². The molecule has 0 bridgehead atoms. The maximum absolute atomic E-state index is 13.0. The maximum atomic E-state index is 13.0. The Bertz CT molecular complexity index is 956. The lowest BCUT2D eigenvalue weighted by Gasteiger charge is -2.28. The highest BCUT2D eigenvalue weighted by molar-refractivity contribution is 5.80. The number of aryl methyl sites for hydroxylation is 1. The van der Waals surface area contributed by atoms with Gasteiger partial charge in [0.25, 0.3) is 5.56 Å². The SMILES string of the molecule is Cc1cc2n(CC(O)CN3CCOCC3)c(=O)c3ccccc3n2n1. The Hall–Kier alpha value is -2.22. The molecule has 1 unspecified atom stereocenters. The molecule has 1 saturated heterocycles. The van der Waals surface area contributed by atoms with E-state index in [1.54, 1.807) is 15.1 Å². The molecule has 1 N–H and O–H groups in total. The summed E-state index contributed by atoms with van der Waals surface area (Å²) >= 11 is 0. The highest BCUT2D eigenvalue weighted by atomic mass is 16.5. The molecule has 1 aromatic carbocycles. The van der Waals surface area contributed by atoms with Crippen molar-refractivity contribution in [1.29, 1.82) is 0 Å². The molecule has 7 heteroatoms. The van der Waals surface area contributed by atoms with Gasteiger partial charge in [0.15, 0.2) is 0 Å². The molecule has 0 saturated carbocycles. The van der Waals surface area contributed by atoms with E-state index in [1.807, 2.05) is 31.2 Å². The van der Waals surface area contributed by atoms with Crippen LogP contribution in [0.4, 0.5) is 0 Å². The van der Waals surface area contributed by atoms with Gasteiger partial charge in [-0.05, 0) is 19.1 Å². The molecule has 3 aromatic rings. The first-order valence-electron chi connectivity index (χ1n) is 8.59. The number of benzene rings is 1. The minimum Gasteiger partial charge on any atom is -0.390 e. The van der Waals surface area contributed by atoms with Crippen LogP contribution in [-0.2, 0) is 11.3 Å². The third-order valence-electron chi connectivity index (χ3n) is 4.66. The number of aliphatic hydroxyl groups excluding tert-OH is 1. The molecule has 1 aliphatic heterocycles. The van der Waals surface area contributed by atoms with E-state index in [-0.39, 0.29) is 12.1 Å². The number of aromatic nitrogens is 3. The van der Waals surface area contributed by atoms with E-state index >= 15 is 0 Å². The highest BCUT2D eigenvalue weighted by Gasteiger charge is 2.18. The molecule has 2 aromatic heterocycles. The van der Waals surface area contributed by atoms with Crippen molar-refractivity contribution < 1.29 is 9.84 Å². The number of β-amino-alcohol motifs (C(OH)–C–C–N with tert-alkyl or cyclic N) is 1. The van der Waals surface area contributed by atoms with Crippen molar-refractivity contribution in [3.05, 3.63) is 46.4 Å². The molecule has 1 fully saturated rings. The molecular formula is C18H22N4O3. The number of rotatable bonds is 4. The van der Waals surface area contributed by atoms with E-state index in [0.717, 1.165) is 24.3 Å². The number of nitrogens with zero attached hydrogens (tertiary/aromatic N) is 4. The van der Waals surface area contributed by atoms with Crippen molar-refractivity contribution in [1.82, 2.24) is 19.1 Å². The van der Waals surface area contributed by atoms with Crippen LogP contribution in [0.15, 0.2) is 35.1 Å². The van der Waals surface area contributed by atoms with Crippen LogP contribution in [-0.4, -0.2) is 63.1 Å². The van der Waals surface area contributed by atoms with Crippen molar-refractivity contribution in [2.24, 2.45) is 0 Å². The third kappa shape index (κ3) is 3.06. The average Bonchev–Trinajstić information content (AvgIpc) is 3.01. The minimum absolute atomic E-state index is 0.0935. The van der Waals surface area contributed by atoms with Gasteiger partial charge in [0.1, 0.15) is 5.65 Å². The number of aliphatic hydroxyl groups is 1. The van der Waals surface area contributed by atoms with Crippen molar-refractivity contribution >= 4 is 16.6 Å². The van der Waals surface area contributed by atoms with Gasteiger partial charge >= 0.3 is 0 Å². The summed E-state index contributed by atoms with van der Waals surface area (Å²) in [6.07, 6.45) is -0.629. The van der Waals surface area contributed by atoms with Crippen LogP contribution in [0.2, 0.25) is 0 Å². The summed E-state index contributed by atoms with van der Waals surface area (Å²) in [4.78, 5) is 15.1. The standard InChI is InChI=1S/C18H22N4O3/c1-13-10-17-21(12-14(23)11-20-6-8-25-9-7-20)18(24)15-4-2-3-5-16(15)22(17)19-13/h2-5,10,14,23H,6-9,11-12H2,1H3. The summed E-state index contributed by atoms with van der Waals surface area (Å²) in [5, 5.41) is 15.7. The van der Waals surface area contributed by atoms with Gasteiger partial charge in [0.2, 0.25) is 0 Å². The average molecular weight is 342 g/mol. The van der Waals surface area contributed by atoms with Crippen LogP contribution in [0.5, 0.6) is 0 Å². The summed E-state index contributed by atoms with van der Waals surface area (Å²) in [5.41, 5.74) is 2.24. The number of morpholine rings is 1. The third-order valence-corrected chi connectivity index (χ3v) is 4.66. The molecule has 7 nitrogen and oxygen atoms in total. The Morgan fingerprint density at radius 3 is 2.80 bits per heavy atom. The van der Waals surface area contributed by atoms with Gasteiger partial charge in [0, 0.05) is 25.7 Å². The van der Waals surface area contributed by atoms with Crippen LogP contribution < -0.4 is 5.56 Å². The Morgan fingerprint density at radius 2 is 2.00 bits per heavy atom. The Balaban J connectivity index is 1.72. The molecule has 4 rings (SSSR count). The van der Waals surface area contributed by atoms with E-state index < -0.39 is 6.10 Å². The summed E-state index contributed by atoms with van der Waals surface area (Å²) in [6.45, 7) is 5.68. The molecule has 0 spiro atoms. The predicted octanol–water partition coefficient (Wildman–Crippen LogP) is 0.651. The first-order chi connectivity index (χ1) is 12.1. The van der Waals surface area contributed by atoms with Crippen LogP contribution in [0, 0.1) is 6.92 Å². The second kappa shape index (κ2) is 6.59. The van der Waals surface area contributed by atoms with E-state index in [9.17, 15) is 9.90 Å². The monoisotopic (exact) mass is 342 g/mol. The number of hydrogen-bond acceptors (Lipinski definition) is 5. The van der Waals surface area contributed by atoms with Gasteiger partial charge in [-0.2, -0.15) is 5.10 Å². The zero-order chi connectivity index (χ0) is 17.4. The second-order valence-electron chi connectivity index (χ2n) is 6.56. The van der Waals surface area contributed by atoms with Crippen molar-refractivity contribution in [3.8, 4) is 0 Å². The molecule has 25 heavy (non-hydrogen) atoms. The molecule has 0 radical (unpaired) electrons. The number of fused-ring (bicyclic) bond motifs is 3. The predicted molar refractivity (Wildman–Crippen MR) is 95.0 cm³/mol. The summed E-state index contributed by atoms with van der Waals surface area (Å²) in [6, 6.07) is 9.33. The normalized spacial score (nSPS) is 17.4. The fourth-order valence-electron chi connectivity index (χ4n) is 3.47. The summed E-state index contributed by atoms with van der Waals surface area (Å²) in [7, 11) is 0. The topological polar surface area (TPSA) is 72.0 Å². The molecule has 0 aliphatic carbocycles. The molecular weight excluding hydrogens is 320 g/mol. The largest absolute Gasteiger partial charge is 0.390 e. The molecule has 132 valence electrons. The molecule has 1 aliphatic rings. The fraction of sp³-hybridized carbons (Fsp3) is 0.444. The van der Waals surface area contributed by atoms with Gasteiger partial charge in [-0.3, -0.25) is 14.3 Å². The summed E-state index contributed by atoms with van der Waals surface area (Å²) in [5.74, 6) is 0. The van der Waals surface area contributed by atoms with Crippen LogP contribution in [0.1, 0.15) is 5.69 Å². The van der Waals surface area contributed by atoms with Crippen molar-refractivity contribution in [2.75, 3.05) is 32.8 Å². The van der Waals surface area contributed by atoms with Crippen molar-refractivity contribution in [2.45, 2.75) is 19.6 Å². The number of ether oxygens (including phenoxy) is 1. The molecule has 3 heterocycles. The van der Waals surface area contributed by atoms with Gasteiger partial charge < -0.3 is 9.84 Å². The minimum atomic E-state index is -0.629. The quantitative estimate of drug-likeness (QED) is 0.754. The molecule has 1 atom stereocenters. The Morgan fingerprint density at radius 1 is 1.24 bits per heavy atom. The van der Waals surface area contributed by atoms with Gasteiger partial charge in [-0.1, -0.05) is 12.1 Å². The van der Waals surface area contributed by atoms with E-state index in [1.165, 1.54) is 0 Å². The lowest BCUT2D eigenvalue weighted by Crippen LogP contribution is -2.43. The van der Waals surface area contributed by atoms with Crippen LogP contribution >= 0.6 is 0 Å². The smallest absolute Gasteiger partial charge is 0.261 e. The lowest BCUT2D eigenvalue weighted by molar-refractivity contribution is 0.0115. The maximum Gasteiger partial charge on any atom is 0.261 e. The highest BCUT2D eigenvalue weighted by Crippen LogP contribution is 2.15. The van der Waals surface area contributed by atoms with Crippen LogP contribution in [0.3, 0.4) is 0 Å². The number of hydrogen-bond donors (Lipinski definition) is 1. The first-order valence-corrected chi connectivity index (χ1v) is 8.59. The zero-order valence-electron chi connectivity index (χ0n) is 14.3. The van der Waals surface area contributed by atoms with Gasteiger partial charge in [-0.15, -0.1) is 0 Å². The van der Waals surface area contributed by atoms with Gasteiger partial charge in [0.05, 0.1) is 42.5 Å². The lowest BCUT2D eigenvalue weighted by atomic mass is 10.2. The Kier molecular flexibility index (Phi) is 4.29. The first kappa shape index (κ1) is 16.3. The van der Waals surface area contributed by atoms with Crippen molar-refractivity contribution in [3.63, 3.8) is 0 Å². The fourth-order valence-corrected chi connectivity index (χ4v) is 3.47. The zero-order valence-corrected chi connectivity index (χ0v) is 14.3. The number of para-hydroxylation sites is 1. The van der Waals surface area contributed by atoms with E-state index in [0.29, 0.717) is 30.8 Å². The molecule has 0 amide bonds. The Labute approximate surface area is 145 Å².